The molecule has 0 radical (unpaired) electrons. The quantitative estimate of drug-likeness (QED) is 0.547. The fraction of sp³-hybridized carbons (Fsp3) is 0.200. The summed E-state index contributed by atoms with van der Waals surface area (Å²) in [6, 6.07) is 0. The molecule has 0 fully saturated rings. The Bertz CT molecular complexity index is 574. The maximum absolute atomic E-state index is 11.2. The number of aromatic nitrogens is 3. The lowest BCUT2D eigenvalue weighted by molar-refractivity contribution is 0.0599. The van der Waals surface area contributed by atoms with E-state index in [0.717, 1.165) is 0 Å². The third-order valence-corrected chi connectivity index (χ3v) is 2.23. The van der Waals surface area contributed by atoms with Gasteiger partial charge in [0, 0.05) is 12.4 Å². The van der Waals surface area contributed by atoms with Gasteiger partial charge in [-0.25, -0.2) is 14.3 Å². The first-order valence-corrected chi connectivity index (χ1v) is 4.56. The van der Waals surface area contributed by atoms with Crippen molar-refractivity contribution in [1.82, 2.24) is 14.6 Å². The van der Waals surface area contributed by atoms with Crippen molar-refractivity contribution in [2.24, 2.45) is 0 Å². The number of carbonyl (C=O) groups excluding carboxylic acids is 2. The van der Waals surface area contributed by atoms with Crippen molar-refractivity contribution in [2.45, 2.75) is 6.92 Å². The number of nitrogens with zero attached hydrogens (tertiary/aromatic N) is 3. The molecule has 2 rings (SSSR count). The van der Waals surface area contributed by atoms with E-state index in [9.17, 15) is 9.59 Å². The van der Waals surface area contributed by atoms with Gasteiger partial charge in [-0.15, -0.1) is 0 Å². The summed E-state index contributed by atoms with van der Waals surface area (Å²) in [5.74, 6) is -0.491. The van der Waals surface area contributed by atoms with Gasteiger partial charge in [-0.05, 0) is 6.92 Å². The fourth-order valence-electron chi connectivity index (χ4n) is 1.42. The minimum absolute atomic E-state index is 0.287. The van der Waals surface area contributed by atoms with Gasteiger partial charge in [-0.1, -0.05) is 0 Å². The Morgan fingerprint density at radius 2 is 2.31 bits per heavy atom. The van der Waals surface area contributed by atoms with Crippen molar-refractivity contribution in [3.05, 3.63) is 29.2 Å². The minimum Gasteiger partial charge on any atom is -0.465 e. The number of hydrogen-bond donors (Lipinski definition) is 0. The van der Waals surface area contributed by atoms with E-state index in [1.807, 2.05) is 0 Å². The molecule has 0 N–H and O–H groups in total. The number of ether oxygens (including phenoxy) is 1. The van der Waals surface area contributed by atoms with E-state index in [2.05, 4.69) is 14.8 Å². The average molecular weight is 219 g/mol. The largest absolute Gasteiger partial charge is 0.465 e. The summed E-state index contributed by atoms with van der Waals surface area (Å²) in [4.78, 5) is 26.0. The normalized spacial score (nSPS) is 10.4. The highest BCUT2D eigenvalue weighted by molar-refractivity contribution is 5.90. The second kappa shape index (κ2) is 3.73. The molecule has 0 aliphatic rings. The molecule has 0 saturated carbocycles. The van der Waals surface area contributed by atoms with Crippen LogP contribution in [0.2, 0.25) is 0 Å². The number of methoxy groups -OCH3 is 1. The smallest absolute Gasteiger partial charge is 0.341 e. The predicted molar refractivity (Wildman–Crippen MR) is 54.5 cm³/mol. The van der Waals surface area contributed by atoms with Crippen molar-refractivity contribution in [3.63, 3.8) is 0 Å². The van der Waals surface area contributed by atoms with Crippen LogP contribution in [0.3, 0.4) is 0 Å². The Labute approximate surface area is 90.9 Å². The van der Waals surface area contributed by atoms with Gasteiger partial charge in [-0.2, -0.15) is 5.10 Å². The molecule has 0 unspecified atom stereocenters. The van der Waals surface area contributed by atoms with Gasteiger partial charge in [0.25, 0.3) is 0 Å². The topological polar surface area (TPSA) is 73.6 Å². The zero-order valence-corrected chi connectivity index (χ0v) is 8.80. The molecule has 0 atom stereocenters. The van der Waals surface area contributed by atoms with Crippen LogP contribution >= 0.6 is 0 Å². The SMILES string of the molecule is COC(=O)c1cnc2c(C=O)c(C)nn2c1. The van der Waals surface area contributed by atoms with Crippen LogP contribution in [-0.2, 0) is 4.74 Å². The van der Waals surface area contributed by atoms with Crippen LogP contribution in [0.1, 0.15) is 26.4 Å². The first-order chi connectivity index (χ1) is 7.67. The molecule has 6 nitrogen and oxygen atoms in total. The summed E-state index contributed by atoms with van der Waals surface area (Å²) in [6.07, 6.45) is 3.53. The molecule has 0 aliphatic heterocycles. The van der Waals surface area contributed by atoms with Crippen LogP contribution in [0.4, 0.5) is 0 Å². The standard InChI is InChI=1S/C10H9N3O3/c1-6-8(5-14)9-11-3-7(10(15)16-2)4-13(9)12-6/h3-5H,1-2H3. The molecule has 0 aliphatic carbocycles. The van der Waals surface area contributed by atoms with E-state index in [-0.39, 0.29) is 5.56 Å². The molecular formula is C10H9N3O3. The fourth-order valence-corrected chi connectivity index (χ4v) is 1.42. The summed E-state index contributed by atoms with van der Waals surface area (Å²) in [5.41, 5.74) is 1.72. The molecule has 0 aromatic carbocycles. The molecule has 0 bridgehead atoms. The third kappa shape index (κ3) is 1.44. The third-order valence-electron chi connectivity index (χ3n) is 2.23. The molecule has 0 saturated heterocycles. The summed E-state index contributed by atoms with van der Waals surface area (Å²) in [7, 11) is 1.29. The Morgan fingerprint density at radius 1 is 1.56 bits per heavy atom. The zero-order valence-electron chi connectivity index (χ0n) is 8.80. The van der Waals surface area contributed by atoms with E-state index in [1.54, 1.807) is 6.92 Å². The van der Waals surface area contributed by atoms with Gasteiger partial charge in [0.15, 0.2) is 11.9 Å². The first-order valence-electron chi connectivity index (χ1n) is 4.56. The van der Waals surface area contributed by atoms with Crippen molar-refractivity contribution in [2.75, 3.05) is 7.11 Å². The van der Waals surface area contributed by atoms with Crippen LogP contribution < -0.4 is 0 Å². The lowest BCUT2D eigenvalue weighted by Crippen LogP contribution is -2.04. The number of hydrogen-bond acceptors (Lipinski definition) is 5. The number of aryl methyl sites for hydroxylation is 1. The molecule has 82 valence electrons. The first kappa shape index (κ1) is 10.3. The molecule has 2 aromatic rings. The maximum Gasteiger partial charge on any atom is 0.341 e. The monoisotopic (exact) mass is 219 g/mol. The van der Waals surface area contributed by atoms with Crippen LogP contribution in [0.25, 0.3) is 5.65 Å². The maximum atomic E-state index is 11.2. The Hall–Kier alpha value is -2.24. The zero-order chi connectivity index (χ0) is 11.7. The predicted octanol–water partition coefficient (Wildman–Crippen LogP) is 0.637. The van der Waals surface area contributed by atoms with Gasteiger partial charge in [0.2, 0.25) is 0 Å². The Kier molecular flexibility index (Phi) is 2.40. The number of aldehydes is 1. The Balaban J connectivity index is 2.64. The lowest BCUT2D eigenvalue weighted by Gasteiger charge is -1.98. The van der Waals surface area contributed by atoms with Gasteiger partial charge in [-0.3, -0.25) is 4.79 Å². The van der Waals surface area contributed by atoms with Crippen molar-refractivity contribution >= 4 is 17.9 Å². The Morgan fingerprint density at radius 3 is 2.94 bits per heavy atom. The van der Waals surface area contributed by atoms with Gasteiger partial charge in [0.1, 0.15) is 0 Å². The lowest BCUT2D eigenvalue weighted by atomic mass is 10.3. The van der Waals surface area contributed by atoms with Crippen LogP contribution in [0.15, 0.2) is 12.4 Å². The number of esters is 1. The summed E-state index contributed by atoms with van der Waals surface area (Å²) < 4.78 is 5.95. The number of fused-ring (bicyclic) bond motifs is 1. The van der Waals surface area contributed by atoms with E-state index in [1.165, 1.54) is 24.0 Å². The van der Waals surface area contributed by atoms with Crippen molar-refractivity contribution in [3.8, 4) is 0 Å². The summed E-state index contributed by atoms with van der Waals surface area (Å²) >= 11 is 0. The molecule has 16 heavy (non-hydrogen) atoms. The molecule has 2 aromatic heterocycles. The highest BCUT2D eigenvalue weighted by Crippen LogP contribution is 2.11. The van der Waals surface area contributed by atoms with Crippen LogP contribution in [0.5, 0.6) is 0 Å². The van der Waals surface area contributed by atoms with Crippen LogP contribution in [-0.4, -0.2) is 34.0 Å². The molecule has 0 amide bonds. The minimum atomic E-state index is -0.491. The molecule has 6 heteroatoms. The summed E-state index contributed by atoms with van der Waals surface area (Å²) in [6.45, 7) is 1.70. The van der Waals surface area contributed by atoms with E-state index in [0.29, 0.717) is 23.2 Å². The average Bonchev–Trinajstić information content (AvgIpc) is 2.62. The number of rotatable bonds is 2. The number of carbonyl (C=O) groups is 2. The van der Waals surface area contributed by atoms with Crippen molar-refractivity contribution < 1.29 is 14.3 Å². The molecule has 2 heterocycles. The van der Waals surface area contributed by atoms with Gasteiger partial charge >= 0.3 is 5.97 Å². The highest BCUT2D eigenvalue weighted by Gasteiger charge is 2.12. The molecular weight excluding hydrogens is 210 g/mol. The second-order valence-electron chi connectivity index (χ2n) is 3.22. The second-order valence-corrected chi connectivity index (χ2v) is 3.22. The van der Waals surface area contributed by atoms with E-state index >= 15 is 0 Å². The van der Waals surface area contributed by atoms with E-state index in [4.69, 9.17) is 0 Å². The molecule has 0 spiro atoms. The van der Waals surface area contributed by atoms with Crippen LogP contribution in [0, 0.1) is 6.92 Å². The van der Waals surface area contributed by atoms with Crippen molar-refractivity contribution in [1.29, 1.82) is 0 Å². The highest BCUT2D eigenvalue weighted by atomic mass is 16.5. The van der Waals surface area contributed by atoms with E-state index < -0.39 is 5.97 Å². The summed E-state index contributed by atoms with van der Waals surface area (Å²) in [5, 5.41) is 4.08. The van der Waals surface area contributed by atoms with Gasteiger partial charge < -0.3 is 4.74 Å². The van der Waals surface area contributed by atoms with Gasteiger partial charge in [0.05, 0.1) is 23.9 Å².